The third-order valence-electron chi connectivity index (χ3n) is 1.85. The molecule has 0 amide bonds. The summed E-state index contributed by atoms with van der Waals surface area (Å²) in [5, 5.41) is 8.58. The Balaban J connectivity index is 3.42. The van der Waals surface area contributed by atoms with Crippen LogP contribution in [0.15, 0.2) is 12.1 Å². The third-order valence-corrected chi connectivity index (χ3v) is 2.80. The van der Waals surface area contributed by atoms with E-state index in [2.05, 4.69) is 9.17 Å². The molecule has 0 atom stereocenters. The van der Waals surface area contributed by atoms with Gasteiger partial charge in [0.05, 0.1) is 0 Å². The maximum absolute atomic E-state index is 12.3. The molecule has 0 bridgehead atoms. The Kier molecular flexibility index (Phi) is 4.09. The van der Waals surface area contributed by atoms with Crippen LogP contribution in [-0.2, 0) is 16.3 Å². The fourth-order valence-electron chi connectivity index (χ4n) is 0.976. The molecule has 1 heterocycles. The highest BCUT2D eigenvalue weighted by Crippen LogP contribution is 2.32. The van der Waals surface area contributed by atoms with Crippen LogP contribution < -0.4 is 4.18 Å². The van der Waals surface area contributed by atoms with Crippen LogP contribution in [-0.4, -0.2) is 30.0 Å². The molecule has 0 unspecified atom stereocenters. The van der Waals surface area contributed by atoms with Crippen molar-refractivity contribution in [2.45, 2.75) is 11.7 Å². The number of halogens is 6. The van der Waals surface area contributed by atoms with Crippen LogP contribution in [0, 0.1) is 0 Å². The second-order valence-electron chi connectivity index (χ2n) is 3.34. The Morgan fingerprint density at radius 3 is 2.05 bits per heavy atom. The molecule has 0 radical (unpaired) electrons. The highest BCUT2D eigenvalue weighted by molar-refractivity contribution is 7.87. The van der Waals surface area contributed by atoms with Gasteiger partial charge in [-0.1, -0.05) is 0 Å². The predicted molar refractivity (Wildman–Crippen MR) is 51.8 cm³/mol. The quantitative estimate of drug-likeness (QED) is 0.514. The number of hydrogen-bond donors (Lipinski definition) is 1. The molecule has 0 fully saturated rings. The molecule has 1 aromatic rings. The van der Waals surface area contributed by atoms with Gasteiger partial charge in [0.1, 0.15) is 11.3 Å². The van der Waals surface area contributed by atoms with E-state index >= 15 is 0 Å². The van der Waals surface area contributed by atoms with Crippen molar-refractivity contribution >= 4 is 16.1 Å². The lowest BCUT2D eigenvalue weighted by atomic mass is 10.2. The van der Waals surface area contributed by atoms with Crippen LogP contribution in [0.1, 0.15) is 16.1 Å². The first-order valence-electron chi connectivity index (χ1n) is 4.58. The number of carboxylic acid groups (broad SMARTS) is 1. The summed E-state index contributed by atoms with van der Waals surface area (Å²) < 4.78 is 98.0. The van der Waals surface area contributed by atoms with Crippen LogP contribution in [0.2, 0.25) is 0 Å². The Hall–Kier alpha value is -2.05. The van der Waals surface area contributed by atoms with Crippen LogP contribution in [0.25, 0.3) is 0 Å². The van der Waals surface area contributed by atoms with Crippen molar-refractivity contribution in [3.05, 3.63) is 23.4 Å². The van der Waals surface area contributed by atoms with Gasteiger partial charge in [0, 0.05) is 0 Å². The monoisotopic (exact) mass is 339 g/mol. The van der Waals surface area contributed by atoms with Gasteiger partial charge in [0.15, 0.2) is 0 Å². The van der Waals surface area contributed by atoms with Gasteiger partial charge in [0.25, 0.3) is 0 Å². The summed E-state index contributed by atoms with van der Waals surface area (Å²) in [6, 6.07) is 0.371. The average Bonchev–Trinajstić information content (AvgIpc) is 2.25. The number of pyridine rings is 1. The van der Waals surface area contributed by atoms with Crippen LogP contribution in [0.3, 0.4) is 0 Å². The Morgan fingerprint density at radius 1 is 1.14 bits per heavy atom. The number of carboxylic acids is 1. The fourth-order valence-corrected chi connectivity index (χ4v) is 1.41. The average molecular weight is 339 g/mol. The SMILES string of the molecule is O=C(O)c1ccc(C(F)(F)F)nc1OS(=O)(=O)C(F)(F)F. The number of aromatic nitrogens is 1. The highest BCUT2D eigenvalue weighted by Gasteiger charge is 2.49. The van der Waals surface area contributed by atoms with Gasteiger partial charge in [-0.05, 0) is 12.1 Å². The van der Waals surface area contributed by atoms with Crippen molar-refractivity contribution in [2.24, 2.45) is 0 Å². The van der Waals surface area contributed by atoms with Crippen molar-refractivity contribution in [3.63, 3.8) is 0 Å². The number of rotatable bonds is 3. The van der Waals surface area contributed by atoms with Gasteiger partial charge in [0.2, 0.25) is 5.88 Å². The molecular weight excluding hydrogens is 336 g/mol. The molecule has 0 saturated carbocycles. The summed E-state index contributed by atoms with van der Waals surface area (Å²) in [4.78, 5) is 13.1. The van der Waals surface area contributed by atoms with Crippen molar-refractivity contribution in [3.8, 4) is 5.88 Å². The zero-order valence-corrected chi connectivity index (χ0v) is 10.2. The largest absolute Gasteiger partial charge is 0.534 e. The lowest BCUT2D eigenvalue weighted by Crippen LogP contribution is -2.29. The van der Waals surface area contributed by atoms with E-state index < -0.39 is 44.9 Å². The number of nitrogens with zero attached hydrogens (tertiary/aromatic N) is 1. The Morgan fingerprint density at radius 2 is 1.67 bits per heavy atom. The topological polar surface area (TPSA) is 93.6 Å². The lowest BCUT2D eigenvalue weighted by Gasteiger charge is -2.12. The van der Waals surface area contributed by atoms with Crippen LogP contribution in [0.5, 0.6) is 5.88 Å². The Labute approximate surface area is 112 Å². The molecule has 1 N–H and O–H groups in total. The van der Waals surface area contributed by atoms with Gasteiger partial charge in [-0.15, -0.1) is 0 Å². The molecule has 1 aromatic heterocycles. The van der Waals surface area contributed by atoms with E-state index in [-0.39, 0.29) is 12.1 Å². The van der Waals surface area contributed by atoms with Crippen molar-refractivity contribution in [2.75, 3.05) is 0 Å². The van der Waals surface area contributed by atoms with E-state index in [1.807, 2.05) is 0 Å². The number of hydrogen-bond acceptors (Lipinski definition) is 5. The standard InChI is InChI=1S/C8H3F6NO5S/c9-7(10,11)4-2-1-3(6(16)17)5(15-4)20-21(18,19)8(12,13)14/h1-2H,(H,16,17). The van der Waals surface area contributed by atoms with Crippen molar-refractivity contribution in [1.82, 2.24) is 4.98 Å². The molecule has 13 heteroatoms. The van der Waals surface area contributed by atoms with Gasteiger partial charge in [-0.25, -0.2) is 9.78 Å². The number of carbonyl (C=O) groups is 1. The van der Waals surface area contributed by atoms with E-state index in [0.29, 0.717) is 0 Å². The normalized spacial score (nSPS) is 13.0. The molecule has 0 aliphatic rings. The molecule has 0 aliphatic carbocycles. The molecule has 0 spiro atoms. The zero-order valence-electron chi connectivity index (χ0n) is 9.36. The van der Waals surface area contributed by atoms with Gasteiger partial charge < -0.3 is 9.29 Å². The second kappa shape index (κ2) is 5.05. The maximum atomic E-state index is 12.3. The predicted octanol–water partition coefficient (Wildman–Crippen LogP) is 2.03. The number of alkyl halides is 6. The first-order valence-corrected chi connectivity index (χ1v) is 5.99. The molecule has 6 nitrogen and oxygen atoms in total. The molecule has 0 saturated heterocycles. The summed E-state index contributed by atoms with van der Waals surface area (Å²) in [5.74, 6) is -3.86. The van der Waals surface area contributed by atoms with Gasteiger partial charge in [-0.3, -0.25) is 0 Å². The van der Waals surface area contributed by atoms with E-state index in [0.717, 1.165) is 0 Å². The second-order valence-corrected chi connectivity index (χ2v) is 4.87. The summed E-state index contributed by atoms with van der Waals surface area (Å²) in [5.41, 5.74) is -9.06. The first kappa shape index (κ1) is 17.0. The van der Waals surface area contributed by atoms with E-state index in [9.17, 15) is 39.6 Å². The molecule has 0 aromatic carbocycles. The highest BCUT2D eigenvalue weighted by atomic mass is 32.2. The van der Waals surface area contributed by atoms with Crippen LogP contribution >= 0.6 is 0 Å². The maximum Gasteiger partial charge on any atom is 0.534 e. The molecule has 1 rings (SSSR count). The first-order chi connectivity index (χ1) is 9.25. The summed E-state index contributed by atoms with van der Waals surface area (Å²) >= 11 is 0. The van der Waals surface area contributed by atoms with Crippen molar-refractivity contribution < 1.29 is 48.8 Å². The molecule has 0 aliphatic heterocycles. The minimum absolute atomic E-state index is 0.149. The third kappa shape index (κ3) is 3.74. The van der Waals surface area contributed by atoms with E-state index in [1.54, 1.807) is 0 Å². The molecule has 118 valence electrons. The molecule has 21 heavy (non-hydrogen) atoms. The lowest BCUT2D eigenvalue weighted by molar-refractivity contribution is -0.141. The van der Waals surface area contributed by atoms with Gasteiger partial charge >= 0.3 is 27.8 Å². The zero-order chi connectivity index (χ0) is 16.6. The summed E-state index contributed by atoms with van der Waals surface area (Å²) in [6.45, 7) is 0. The van der Waals surface area contributed by atoms with E-state index in [1.165, 1.54) is 0 Å². The summed E-state index contributed by atoms with van der Waals surface area (Å²) in [7, 11) is -6.36. The van der Waals surface area contributed by atoms with Crippen LogP contribution in [0.4, 0.5) is 26.3 Å². The Bertz CT molecular complexity index is 665. The minimum Gasteiger partial charge on any atom is -0.477 e. The van der Waals surface area contributed by atoms with Crippen molar-refractivity contribution in [1.29, 1.82) is 0 Å². The molecular formula is C8H3F6NO5S. The summed E-state index contributed by atoms with van der Waals surface area (Å²) in [6.07, 6.45) is -5.14. The smallest absolute Gasteiger partial charge is 0.477 e. The minimum atomic E-state index is -6.36. The number of aromatic carboxylic acids is 1. The van der Waals surface area contributed by atoms with Gasteiger partial charge in [-0.2, -0.15) is 34.8 Å². The van der Waals surface area contributed by atoms with E-state index in [4.69, 9.17) is 5.11 Å². The fraction of sp³-hybridized carbons (Fsp3) is 0.250.